The van der Waals surface area contributed by atoms with Gasteiger partial charge in [0, 0.05) is 4.88 Å². The Kier molecular flexibility index (Phi) is 6.23. The summed E-state index contributed by atoms with van der Waals surface area (Å²) in [6.07, 6.45) is 2.88. The van der Waals surface area contributed by atoms with E-state index >= 15 is 0 Å². The molecular formula is C20H31N2O4S+. The van der Waals surface area contributed by atoms with Gasteiger partial charge in [-0.2, -0.15) is 0 Å². The first kappa shape index (κ1) is 20.3. The lowest BCUT2D eigenvalue weighted by Gasteiger charge is -2.33. The standard InChI is InChI=1S/C20H30N2O4S/c1-20(2,3)13-5-6-14-15(11-13)27-18(17(14)19(24)25-4)21-16(23)12-22-7-9-26-10-8-22/h13H,5-12H2,1-4H3,(H,21,23)/p+1. The van der Waals surface area contributed by atoms with Gasteiger partial charge in [0.2, 0.25) is 0 Å². The molecule has 7 heteroatoms. The van der Waals surface area contributed by atoms with Gasteiger partial charge in [-0.3, -0.25) is 4.79 Å². The molecule has 1 unspecified atom stereocenters. The highest BCUT2D eigenvalue weighted by Gasteiger charge is 2.34. The van der Waals surface area contributed by atoms with Crippen molar-refractivity contribution in [2.24, 2.45) is 11.3 Å². The van der Waals surface area contributed by atoms with Crippen molar-refractivity contribution in [3.8, 4) is 0 Å². The van der Waals surface area contributed by atoms with Gasteiger partial charge in [0.1, 0.15) is 18.1 Å². The number of fused-ring (bicyclic) bond motifs is 1. The van der Waals surface area contributed by atoms with Gasteiger partial charge in [-0.15, -0.1) is 11.3 Å². The van der Waals surface area contributed by atoms with Crippen LogP contribution in [0, 0.1) is 11.3 Å². The number of methoxy groups -OCH3 is 1. The van der Waals surface area contributed by atoms with Gasteiger partial charge in [0.05, 0.1) is 25.9 Å². The van der Waals surface area contributed by atoms with Crippen LogP contribution in [0.1, 0.15) is 48.0 Å². The highest BCUT2D eigenvalue weighted by molar-refractivity contribution is 7.17. The molecule has 1 saturated heterocycles. The van der Waals surface area contributed by atoms with Crippen LogP contribution < -0.4 is 10.2 Å². The van der Waals surface area contributed by atoms with Crippen molar-refractivity contribution < 1.29 is 24.0 Å². The van der Waals surface area contributed by atoms with E-state index in [-0.39, 0.29) is 17.3 Å². The highest BCUT2D eigenvalue weighted by Crippen LogP contribution is 2.44. The topological polar surface area (TPSA) is 69.1 Å². The molecule has 0 aromatic carbocycles. The first-order chi connectivity index (χ1) is 12.8. The largest absolute Gasteiger partial charge is 0.465 e. The summed E-state index contributed by atoms with van der Waals surface area (Å²) in [6.45, 7) is 10.3. The number of anilines is 1. The molecule has 3 rings (SSSR count). The van der Waals surface area contributed by atoms with E-state index in [1.54, 1.807) is 11.3 Å². The van der Waals surface area contributed by atoms with Crippen LogP contribution in [0.2, 0.25) is 0 Å². The van der Waals surface area contributed by atoms with E-state index in [0.717, 1.165) is 37.9 Å². The first-order valence-electron chi connectivity index (χ1n) is 9.73. The number of quaternary nitrogens is 1. The fourth-order valence-corrected chi connectivity index (χ4v) is 5.30. The quantitative estimate of drug-likeness (QED) is 0.759. The molecule has 0 bridgehead atoms. The van der Waals surface area contributed by atoms with E-state index < -0.39 is 0 Å². The van der Waals surface area contributed by atoms with Crippen LogP contribution in [0.15, 0.2) is 0 Å². The van der Waals surface area contributed by atoms with Crippen LogP contribution in [0.25, 0.3) is 0 Å². The third kappa shape index (κ3) is 4.70. The number of hydrogen-bond donors (Lipinski definition) is 2. The molecule has 1 aromatic rings. The summed E-state index contributed by atoms with van der Waals surface area (Å²) in [6, 6.07) is 0. The average Bonchev–Trinajstić information content (AvgIpc) is 2.97. The second kappa shape index (κ2) is 8.29. The second-order valence-electron chi connectivity index (χ2n) is 8.59. The van der Waals surface area contributed by atoms with E-state index in [1.807, 2.05) is 0 Å². The van der Waals surface area contributed by atoms with Crippen molar-refractivity contribution in [2.45, 2.75) is 40.0 Å². The van der Waals surface area contributed by atoms with Gasteiger partial charge in [-0.25, -0.2) is 4.79 Å². The smallest absolute Gasteiger partial charge is 0.341 e. The Morgan fingerprint density at radius 3 is 2.63 bits per heavy atom. The molecule has 0 saturated carbocycles. The number of thiophene rings is 1. The second-order valence-corrected chi connectivity index (χ2v) is 9.70. The molecule has 150 valence electrons. The van der Waals surface area contributed by atoms with Gasteiger partial charge in [0.25, 0.3) is 5.91 Å². The number of nitrogens with one attached hydrogen (secondary N) is 2. The maximum absolute atomic E-state index is 12.6. The number of hydrogen-bond acceptors (Lipinski definition) is 5. The van der Waals surface area contributed by atoms with E-state index in [0.29, 0.717) is 36.2 Å². The van der Waals surface area contributed by atoms with Crippen molar-refractivity contribution in [3.05, 3.63) is 16.0 Å². The molecule has 1 atom stereocenters. The van der Waals surface area contributed by atoms with Crippen LogP contribution in [-0.4, -0.2) is 51.8 Å². The molecule has 2 heterocycles. The van der Waals surface area contributed by atoms with Crippen LogP contribution in [0.3, 0.4) is 0 Å². The van der Waals surface area contributed by atoms with Gasteiger partial charge in [-0.05, 0) is 36.2 Å². The van der Waals surface area contributed by atoms with Crippen molar-refractivity contribution in [2.75, 3.05) is 45.3 Å². The van der Waals surface area contributed by atoms with E-state index in [4.69, 9.17) is 9.47 Å². The van der Waals surface area contributed by atoms with Crippen LogP contribution >= 0.6 is 11.3 Å². The summed E-state index contributed by atoms with van der Waals surface area (Å²) in [5, 5.41) is 3.65. The average molecular weight is 396 g/mol. The zero-order valence-corrected chi connectivity index (χ0v) is 17.6. The summed E-state index contributed by atoms with van der Waals surface area (Å²) < 4.78 is 10.4. The minimum absolute atomic E-state index is 0.0528. The molecule has 1 fully saturated rings. The molecule has 0 spiro atoms. The Morgan fingerprint density at radius 2 is 2.00 bits per heavy atom. The molecule has 27 heavy (non-hydrogen) atoms. The molecule has 2 N–H and O–H groups in total. The van der Waals surface area contributed by atoms with Gasteiger partial charge in [0.15, 0.2) is 6.54 Å². The maximum atomic E-state index is 12.6. The number of morpholine rings is 1. The van der Waals surface area contributed by atoms with Crippen LogP contribution in [0.5, 0.6) is 0 Å². The molecule has 6 nitrogen and oxygen atoms in total. The predicted octanol–water partition coefficient (Wildman–Crippen LogP) is 1.54. The molecule has 1 aliphatic heterocycles. The lowest BCUT2D eigenvalue weighted by molar-refractivity contribution is -0.899. The fourth-order valence-electron chi connectivity index (χ4n) is 3.97. The zero-order chi connectivity index (χ0) is 19.6. The van der Waals surface area contributed by atoms with Crippen molar-refractivity contribution in [1.29, 1.82) is 0 Å². The van der Waals surface area contributed by atoms with E-state index in [2.05, 4.69) is 26.1 Å². The third-order valence-corrected chi connectivity index (χ3v) is 6.91. The summed E-state index contributed by atoms with van der Waals surface area (Å²) in [7, 11) is 1.40. The Morgan fingerprint density at radius 1 is 1.30 bits per heavy atom. The number of carbonyl (C=O) groups excluding carboxylic acids is 2. The molecule has 1 aromatic heterocycles. The minimum Gasteiger partial charge on any atom is -0.465 e. The number of esters is 1. The molecule has 1 amide bonds. The SMILES string of the molecule is COC(=O)c1c(NC(=O)C[NH+]2CCOCC2)sc2c1CCC(C(C)(C)C)C2. The van der Waals surface area contributed by atoms with Gasteiger partial charge >= 0.3 is 5.97 Å². The Bertz CT molecular complexity index is 702. The van der Waals surface area contributed by atoms with Crippen LogP contribution in [-0.2, 0) is 27.1 Å². The summed E-state index contributed by atoms with van der Waals surface area (Å²) in [4.78, 5) is 27.4. The Labute approximate surface area is 165 Å². The third-order valence-electron chi connectivity index (χ3n) is 5.74. The Hall–Kier alpha value is -1.44. The monoisotopic (exact) mass is 395 g/mol. The van der Waals surface area contributed by atoms with Crippen molar-refractivity contribution in [1.82, 2.24) is 0 Å². The van der Waals surface area contributed by atoms with E-state index in [1.165, 1.54) is 16.9 Å². The Balaban J connectivity index is 1.79. The maximum Gasteiger partial charge on any atom is 0.341 e. The number of carbonyl (C=O) groups is 2. The minimum atomic E-state index is -0.351. The summed E-state index contributed by atoms with van der Waals surface area (Å²) in [5.74, 6) is 0.175. The molecule has 0 radical (unpaired) electrons. The number of ether oxygens (including phenoxy) is 2. The normalized spacial score (nSPS) is 20.8. The predicted molar refractivity (Wildman–Crippen MR) is 106 cm³/mol. The first-order valence-corrected chi connectivity index (χ1v) is 10.5. The van der Waals surface area contributed by atoms with Gasteiger partial charge in [-0.1, -0.05) is 20.8 Å². The fraction of sp³-hybridized carbons (Fsp3) is 0.700. The van der Waals surface area contributed by atoms with Crippen LogP contribution in [0.4, 0.5) is 5.00 Å². The molecule has 2 aliphatic rings. The molecular weight excluding hydrogens is 364 g/mol. The summed E-state index contributed by atoms with van der Waals surface area (Å²) >= 11 is 1.55. The number of amides is 1. The lowest BCUT2D eigenvalue weighted by Crippen LogP contribution is -3.15. The van der Waals surface area contributed by atoms with E-state index in [9.17, 15) is 9.59 Å². The number of rotatable bonds is 4. The highest BCUT2D eigenvalue weighted by atomic mass is 32.1. The van der Waals surface area contributed by atoms with Crippen molar-refractivity contribution in [3.63, 3.8) is 0 Å². The van der Waals surface area contributed by atoms with Crippen molar-refractivity contribution >= 4 is 28.2 Å². The molecule has 1 aliphatic carbocycles. The summed E-state index contributed by atoms with van der Waals surface area (Å²) in [5.41, 5.74) is 1.87. The zero-order valence-electron chi connectivity index (χ0n) is 16.8. The van der Waals surface area contributed by atoms with Gasteiger partial charge < -0.3 is 19.7 Å². The lowest BCUT2D eigenvalue weighted by atomic mass is 9.72.